The zero-order chi connectivity index (χ0) is 23.2. The first-order valence-corrected chi connectivity index (χ1v) is 13.2. The fraction of sp³-hybridized carbons (Fsp3) is 0.864. The summed E-state index contributed by atoms with van der Waals surface area (Å²) in [7, 11) is -4.24. The number of allylic oxidation sites excluding steroid dienone is 2. The highest BCUT2D eigenvalue weighted by molar-refractivity contribution is 7.47. The summed E-state index contributed by atoms with van der Waals surface area (Å²) in [4.78, 5) is 21.0. The molecular weight excluding hydrogens is 421 g/mol. The van der Waals surface area contributed by atoms with Crippen molar-refractivity contribution in [3.63, 3.8) is 0 Å². The van der Waals surface area contributed by atoms with Gasteiger partial charge in [0.15, 0.2) is 0 Å². The van der Waals surface area contributed by atoms with E-state index in [1.165, 1.54) is 44.9 Å². The molecular formula is C22H44NO7P. The van der Waals surface area contributed by atoms with Crippen LogP contribution in [0.4, 0.5) is 0 Å². The molecule has 0 aliphatic carbocycles. The van der Waals surface area contributed by atoms with Crippen LogP contribution in [0.25, 0.3) is 0 Å². The van der Waals surface area contributed by atoms with Crippen molar-refractivity contribution in [2.75, 3.05) is 26.4 Å². The standard InChI is InChI=1S/C22H44NO7P/c1-2-3-4-5-6-7-8-9-10-11-12-13-14-15-16-22(25)28-19-21(24)20-30-31(26,27)29-18-17-23/h9-10,21,24H,2-8,11-20,23H2,1H3,(H,26,27)/b10-9-. The number of carbonyl (C=O) groups is 1. The molecule has 8 nitrogen and oxygen atoms in total. The predicted molar refractivity (Wildman–Crippen MR) is 123 cm³/mol. The number of aliphatic hydroxyl groups is 1. The minimum Gasteiger partial charge on any atom is -0.463 e. The molecule has 0 amide bonds. The Balaban J connectivity index is 3.51. The molecule has 0 rings (SSSR count). The van der Waals surface area contributed by atoms with E-state index in [1.54, 1.807) is 0 Å². The molecule has 0 heterocycles. The smallest absolute Gasteiger partial charge is 0.463 e. The van der Waals surface area contributed by atoms with Crippen LogP contribution in [0.3, 0.4) is 0 Å². The molecule has 0 spiro atoms. The number of phosphoric acid groups is 1. The SMILES string of the molecule is CCCCCCCC/C=C\CCCCCCC(=O)OCC(O)COP(=O)(O)OCCN. The number of phosphoric ester groups is 1. The summed E-state index contributed by atoms with van der Waals surface area (Å²) >= 11 is 0. The summed E-state index contributed by atoms with van der Waals surface area (Å²) in [5.74, 6) is -0.399. The fourth-order valence-corrected chi connectivity index (χ4v) is 3.63. The van der Waals surface area contributed by atoms with Crippen LogP contribution in [0.15, 0.2) is 12.2 Å². The molecule has 0 aliphatic rings. The summed E-state index contributed by atoms with van der Waals surface area (Å²) < 4.78 is 25.5. The average molecular weight is 466 g/mol. The van der Waals surface area contributed by atoms with Crippen molar-refractivity contribution in [3.8, 4) is 0 Å². The first-order chi connectivity index (χ1) is 14.9. The van der Waals surface area contributed by atoms with Crippen molar-refractivity contribution in [3.05, 3.63) is 12.2 Å². The van der Waals surface area contributed by atoms with Crippen molar-refractivity contribution >= 4 is 13.8 Å². The van der Waals surface area contributed by atoms with E-state index in [1.807, 2.05) is 0 Å². The minimum absolute atomic E-state index is 0.0734. The summed E-state index contributed by atoms with van der Waals surface area (Å²) in [5, 5.41) is 9.66. The first-order valence-electron chi connectivity index (χ1n) is 11.7. The largest absolute Gasteiger partial charge is 0.472 e. The molecule has 0 saturated carbocycles. The Labute approximate surface area is 188 Å². The van der Waals surface area contributed by atoms with Gasteiger partial charge >= 0.3 is 13.8 Å². The molecule has 0 aromatic carbocycles. The van der Waals surface area contributed by atoms with Crippen LogP contribution >= 0.6 is 7.82 Å². The van der Waals surface area contributed by atoms with Gasteiger partial charge in [-0.2, -0.15) is 0 Å². The van der Waals surface area contributed by atoms with Crippen molar-refractivity contribution in [1.29, 1.82) is 0 Å². The minimum atomic E-state index is -4.24. The van der Waals surface area contributed by atoms with Gasteiger partial charge in [-0.3, -0.25) is 13.8 Å². The second kappa shape index (κ2) is 21.1. The fourth-order valence-electron chi connectivity index (χ4n) is 2.86. The lowest BCUT2D eigenvalue weighted by Gasteiger charge is -2.15. The Kier molecular flexibility index (Phi) is 20.6. The monoisotopic (exact) mass is 465 g/mol. The Bertz CT molecular complexity index is 502. The normalized spacial score (nSPS) is 14.6. The number of carbonyl (C=O) groups excluding carboxylic acids is 1. The molecule has 2 unspecified atom stereocenters. The summed E-state index contributed by atoms with van der Waals surface area (Å²) in [6, 6.07) is 0. The number of hydrogen-bond donors (Lipinski definition) is 3. The molecule has 31 heavy (non-hydrogen) atoms. The number of nitrogens with two attached hydrogens (primary N) is 1. The lowest BCUT2D eigenvalue weighted by Crippen LogP contribution is -2.23. The molecule has 0 aromatic rings. The Morgan fingerprint density at radius 3 is 2.13 bits per heavy atom. The number of esters is 1. The number of aliphatic hydroxyl groups excluding tert-OH is 1. The van der Waals surface area contributed by atoms with E-state index in [2.05, 4.69) is 28.1 Å². The van der Waals surface area contributed by atoms with Crippen LogP contribution in [0, 0.1) is 0 Å². The highest BCUT2D eigenvalue weighted by atomic mass is 31.2. The number of rotatable bonds is 22. The Morgan fingerprint density at radius 2 is 1.52 bits per heavy atom. The van der Waals surface area contributed by atoms with Crippen LogP contribution in [-0.2, 0) is 23.1 Å². The lowest BCUT2D eigenvalue weighted by atomic mass is 10.1. The molecule has 0 bridgehead atoms. The average Bonchev–Trinajstić information content (AvgIpc) is 2.75. The van der Waals surface area contributed by atoms with Crippen molar-refractivity contribution in [2.45, 2.75) is 96.5 Å². The van der Waals surface area contributed by atoms with E-state index in [0.717, 1.165) is 32.1 Å². The van der Waals surface area contributed by atoms with E-state index in [4.69, 9.17) is 10.5 Å². The molecule has 0 saturated heterocycles. The van der Waals surface area contributed by atoms with Gasteiger partial charge in [-0.05, 0) is 32.1 Å². The number of unbranched alkanes of at least 4 members (excludes halogenated alkanes) is 10. The maximum atomic E-state index is 11.7. The van der Waals surface area contributed by atoms with Gasteiger partial charge in [0.25, 0.3) is 0 Å². The van der Waals surface area contributed by atoms with E-state index in [0.29, 0.717) is 6.42 Å². The molecule has 0 aromatic heterocycles. The van der Waals surface area contributed by atoms with Crippen LogP contribution in [0.1, 0.15) is 90.4 Å². The third kappa shape index (κ3) is 22.2. The second-order valence-electron chi connectivity index (χ2n) is 7.70. The van der Waals surface area contributed by atoms with Crippen molar-refractivity contribution in [1.82, 2.24) is 0 Å². The van der Waals surface area contributed by atoms with Gasteiger partial charge in [0.1, 0.15) is 12.7 Å². The highest BCUT2D eigenvalue weighted by Crippen LogP contribution is 2.42. The summed E-state index contributed by atoms with van der Waals surface area (Å²) in [5.41, 5.74) is 5.16. The van der Waals surface area contributed by atoms with E-state index < -0.39 is 26.5 Å². The molecule has 2 atom stereocenters. The van der Waals surface area contributed by atoms with Gasteiger partial charge in [-0.15, -0.1) is 0 Å². The Morgan fingerprint density at radius 1 is 0.935 bits per heavy atom. The van der Waals surface area contributed by atoms with E-state index in [-0.39, 0.29) is 19.8 Å². The van der Waals surface area contributed by atoms with Crippen LogP contribution in [0.2, 0.25) is 0 Å². The maximum Gasteiger partial charge on any atom is 0.472 e. The third-order valence-corrected chi connectivity index (χ3v) is 5.62. The van der Waals surface area contributed by atoms with Gasteiger partial charge in [0.2, 0.25) is 0 Å². The van der Waals surface area contributed by atoms with Crippen LogP contribution in [-0.4, -0.2) is 48.4 Å². The van der Waals surface area contributed by atoms with Crippen molar-refractivity contribution < 1.29 is 33.1 Å². The lowest BCUT2D eigenvalue weighted by molar-refractivity contribution is -0.147. The summed E-state index contributed by atoms with van der Waals surface area (Å²) in [6.45, 7) is 1.41. The third-order valence-electron chi connectivity index (χ3n) is 4.63. The zero-order valence-electron chi connectivity index (χ0n) is 19.2. The van der Waals surface area contributed by atoms with Gasteiger partial charge in [0.05, 0.1) is 13.2 Å². The van der Waals surface area contributed by atoms with Crippen LogP contribution in [0.5, 0.6) is 0 Å². The molecule has 0 radical (unpaired) electrons. The van der Waals surface area contributed by atoms with Gasteiger partial charge in [-0.1, -0.05) is 64.0 Å². The van der Waals surface area contributed by atoms with E-state index in [9.17, 15) is 19.4 Å². The topological polar surface area (TPSA) is 128 Å². The number of ether oxygens (including phenoxy) is 1. The Hall–Kier alpha value is -0.760. The number of hydrogen-bond acceptors (Lipinski definition) is 7. The van der Waals surface area contributed by atoms with Crippen molar-refractivity contribution in [2.24, 2.45) is 5.73 Å². The molecule has 0 aliphatic heterocycles. The van der Waals surface area contributed by atoms with Gasteiger partial charge < -0.3 is 20.5 Å². The molecule has 4 N–H and O–H groups in total. The predicted octanol–water partition coefficient (Wildman–Crippen LogP) is 4.63. The summed E-state index contributed by atoms with van der Waals surface area (Å²) in [6.07, 6.45) is 17.7. The molecule has 0 fully saturated rings. The van der Waals surface area contributed by atoms with E-state index >= 15 is 0 Å². The second-order valence-corrected chi connectivity index (χ2v) is 9.16. The molecule has 184 valence electrons. The highest BCUT2D eigenvalue weighted by Gasteiger charge is 2.22. The van der Waals surface area contributed by atoms with Gasteiger partial charge in [-0.25, -0.2) is 4.57 Å². The molecule has 9 heteroatoms. The maximum absolute atomic E-state index is 11.7. The van der Waals surface area contributed by atoms with Crippen LogP contribution < -0.4 is 5.73 Å². The first kappa shape index (κ1) is 30.2. The zero-order valence-corrected chi connectivity index (χ0v) is 20.1. The quantitative estimate of drug-likeness (QED) is 0.0913. The van der Waals surface area contributed by atoms with Gasteiger partial charge in [0, 0.05) is 13.0 Å².